The van der Waals surface area contributed by atoms with Crippen molar-refractivity contribution in [3.63, 3.8) is 0 Å². The minimum absolute atomic E-state index is 0.109. The van der Waals surface area contributed by atoms with Crippen LogP contribution in [0, 0.1) is 5.92 Å². The van der Waals surface area contributed by atoms with Gasteiger partial charge in [0.25, 0.3) is 0 Å². The van der Waals surface area contributed by atoms with Gasteiger partial charge in [0.1, 0.15) is 5.92 Å². The molecule has 5 heteroatoms. The summed E-state index contributed by atoms with van der Waals surface area (Å²) in [5, 5.41) is 12.4. The first-order chi connectivity index (χ1) is 12.1. The monoisotopic (exact) mass is 355 g/mol. The van der Waals surface area contributed by atoms with Gasteiger partial charge in [-0.25, -0.2) is 0 Å². The van der Waals surface area contributed by atoms with Crippen molar-refractivity contribution in [2.45, 2.75) is 109 Å². The van der Waals surface area contributed by atoms with Crippen molar-refractivity contribution in [3.05, 3.63) is 0 Å². The van der Waals surface area contributed by atoms with Gasteiger partial charge in [-0.2, -0.15) is 5.06 Å². The van der Waals surface area contributed by atoms with E-state index < -0.39 is 0 Å². The minimum atomic E-state index is -0.268. The first kappa shape index (κ1) is 20.7. The number of rotatable bonds is 11. The SMILES string of the molecule is CCCCCCCCC[C@H](O)C[C@@H]1CC[C@H]2[C@@H](C(=O)OC)[C@H](C)ON12. The molecule has 0 aromatic heterocycles. The van der Waals surface area contributed by atoms with Gasteiger partial charge < -0.3 is 9.84 Å². The van der Waals surface area contributed by atoms with E-state index in [1.165, 1.54) is 45.6 Å². The molecule has 2 rings (SSSR count). The summed E-state index contributed by atoms with van der Waals surface area (Å²) in [6.45, 7) is 4.17. The maximum absolute atomic E-state index is 12.0. The van der Waals surface area contributed by atoms with E-state index in [-0.39, 0.29) is 36.2 Å². The third-order valence-electron chi connectivity index (χ3n) is 5.85. The lowest BCUT2D eigenvalue weighted by atomic mass is 9.94. The first-order valence-corrected chi connectivity index (χ1v) is 10.3. The molecule has 2 aliphatic rings. The predicted molar refractivity (Wildman–Crippen MR) is 97.9 cm³/mol. The van der Waals surface area contributed by atoms with Crippen molar-refractivity contribution in [2.24, 2.45) is 5.92 Å². The molecule has 25 heavy (non-hydrogen) atoms. The van der Waals surface area contributed by atoms with Crippen LogP contribution in [0.4, 0.5) is 0 Å². The molecule has 0 spiro atoms. The molecule has 2 fully saturated rings. The summed E-state index contributed by atoms with van der Waals surface area (Å²) >= 11 is 0. The van der Waals surface area contributed by atoms with E-state index >= 15 is 0 Å². The highest BCUT2D eigenvalue weighted by molar-refractivity contribution is 5.74. The van der Waals surface area contributed by atoms with Crippen LogP contribution in [0.1, 0.15) is 84.5 Å². The Labute approximate surface area is 153 Å². The van der Waals surface area contributed by atoms with Crippen LogP contribution in [0.3, 0.4) is 0 Å². The number of aliphatic hydroxyl groups is 1. The van der Waals surface area contributed by atoms with Crippen molar-refractivity contribution in [1.29, 1.82) is 0 Å². The first-order valence-electron chi connectivity index (χ1n) is 10.3. The van der Waals surface area contributed by atoms with Crippen molar-refractivity contribution in [2.75, 3.05) is 7.11 Å². The van der Waals surface area contributed by atoms with Crippen molar-refractivity contribution < 1.29 is 19.5 Å². The number of hydrogen-bond acceptors (Lipinski definition) is 5. The number of carbonyl (C=O) groups is 1. The number of carbonyl (C=O) groups excluding carboxylic acids is 1. The number of aliphatic hydroxyl groups excluding tert-OH is 1. The van der Waals surface area contributed by atoms with Crippen LogP contribution in [-0.4, -0.2) is 47.5 Å². The topological polar surface area (TPSA) is 59.0 Å². The van der Waals surface area contributed by atoms with Gasteiger partial charge in [0.05, 0.1) is 25.4 Å². The fourth-order valence-electron chi connectivity index (χ4n) is 4.44. The quantitative estimate of drug-likeness (QED) is 0.451. The summed E-state index contributed by atoms with van der Waals surface area (Å²) in [7, 11) is 1.44. The van der Waals surface area contributed by atoms with E-state index in [1.54, 1.807) is 0 Å². The molecule has 1 N–H and O–H groups in total. The molecule has 0 aliphatic carbocycles. The Morgan fingerprint density at radius 3 is 2.56 bits per heavy atom. The highest BCUT2D eigenvalue weighted by atomic mass is 16.7. The zero-order chi connectivity index (χ0) is 18.2. The standard InChI is InChI=1S/C20H37NO4/c1-4-5-6-7-8-9-10-11-17(22)14-16-12-13-18-19(20(23)24-3)15(2)25-21(16)18/h15-19,22H,4-14H2,1-3H3/t15-,16-,17-,18-,19-/m0/s1. The van der Waals surface area contributed by atoms with Crippen LogP contribution in [0.15, 0.2) is 0 Å². The summed E-state index contributed by atoms with van der Waals surface area (Å²) < 4.78 is 4.93. The van der Waals surface area contributed by atoms with Crippen molar-refractivity contribution in [3.8, 4) is 0 Å². The third kappa shape index (κ3) is 5.66. The van der Waals surface area contributed by atoms with Crippen LogP contribution in [-0.2, 0) is 14.4 Å². The average Bonchev–Trinajstić information content (AvgIpc) is 3.12. The van der Waals surface area contributed by atoms with Crippen molar-refractivity contribution in [1.82, 2.24) is 5.06 Å². The van der Waals surface area contributed by atoms with Crippen molar-refractivity contribution >= 4 is 5.97 Å². The Balaban J connectivity index is 1.67. The highest BCUT2D eigenvalue weighted by Gasteiger charge is 2.51. The number of fused-ring (bicyclic) bond motifs is 1. The largest absolute Gasteiger partial charge is 0.469 e. The Morgan fingerprint density at radius 1 is 1.20 bits per heavy atom. The van der Waals surface area contributed by atoms with E-state index in [1.807, 2.05) is 12.0 Å². The normalized spacial score (nSPS) is 30.4. The number of hydrogen-bond donors (Lipinski definition) is 1. The van der Waals surface area contributed by atoms with Crippen LogP contribution in [0.2, 0.25) is 0 Å². The molecule has 5 nitrogen and oxygen atoms in total. The van der Waals surface area contributed by atoms with E-state index in [2.05, 4.69) is 6.92 Å². The molecule has 0 radical (unpaired) electrons. The zero-order valence-corrected chi connectivity index (χ0v) is 16.3. The number of esters is 1. The van der Waals surface area contributed by atoms with Gasteiger partial charge in [-0.15, -0.1) is 0 Å². The molecular weight excluding hydrogens is 318 g/mol. The summed E-state index contributed by atoms with van der Waals surface area (Å²) in [6, 6.07) is 0.333. The molecule has 0 aromatic carbocycles. The summed E-state index contributed by atoms with van der Waals surface area (Å²) in [4.78, 5) is 17.9. The molecular formula is C20H37NO4. The lowest BCUT2D eigenvalue weighted by molar-refractivity contribution is -0.174. The Hall–Kier alpha value is -0.650. The molecule has 146 valence electrons. The number of hydroxylamine groups is 2. The summed E-state index contributed by atoms with van der Waals surface area (Å²) in [5.74, 6) is -0.375. The number of unbranched alkanes of at least 4 members (excludes halogenated alkanes) is 6. The van der Waals surface area contributed by atoms with E-state index in [0.717, 1.165) is 32.1 Å². The highest BCUT2D eigenvalue weighted by Crippen LogP contribution is 2.40. The van der Waals surface area contributed by atoms with E-state index in [9.17, 15) is 9.90 Å². The third-order valence-corrected chi connectivity index (χ3v) is 5.85. The molecule has 0 bridgehead atoms. The number of ether oxygens (including phenoxy) is 1. The lowest BCUT2D eigenvalue weighted by Gasteiger charge is -2.25. The smallest absolute Gasteiger partial charge is 0.313 e. The van der Waals surface area contributed by atoms with Gasteiger partial charge in [-0.1, -0.05) is 51.9 Å². The van der Waals surface area contributed by atoms with Crippen LogP contribution in [0.25, 0.3) is 0 Å². The number of methoxy groups -OCH3 is 1. The molecule has 0 unspecified atom stereocenters. The molecule has 2 saturated heterocycles. The second kappa shape index (κ2) is 10.5. The van der Waals surface area contributed by atoms with Gasteiger partial charge in [0.2, 0.25) is 0 Å². The number of nitrogens with zero attached hydrogens (tertiary/aromatic N) is 1. The fourth-order valence-corrected chi connectivity index (χ4v) is 4.44. The summed E-state index contributed by atoms with van der Waals surface area (Å²) in [6.07, 6.45) is 12.0. The molecule has 0 saturated carbocycles. The summed E-state index contributed by atoms with van der Waals surface area (Å²) in [5.41, 5.74) is 0. The lowest BCUT2D eigenvalue weighted by Crippen LogP contribution is -2.36. The maximum atomic E-state index is 12.0. The van der Waals surface area contributed by atoms with Crippen LogP contribution < -0.4 is 0 Å². The van der Waals surface area contributed by atoms with Crippen LogP contribution in [0.5, 0.6) is 0 Å². The van der Waals surface area contributed by atoms with E-state index in [4.69, 9.17) is 9.57 Å². The van der Waals surface area contributed by atoms with E-state index in [0.29, 0.717) is 0 Å². The van der Waals surface area contributed by atoms with Gasteiger partial charge in [-0.05, 0) is 32.6 Å². The van der Waals surface area contributed by atoms with Gasteiger partial charge >= 0.3 is 5.97 Å². The Bertz CT molecular complexity index is 403. The molecule has 0 amide bonds. The van der Waals surface area contributed by atoms with Gasteiger partial charge in [0.15, 0.2) is 0 Å². The Morgan fingerprint density at radius 2 is 1.88 bits per heavy atom. The second-order valence-electron chi connectivity index (χ2n) is 7.82. The maximum Gasteiger partial charge on any atom is 0.313 e. The predicted octanol–water partition coefficient (Wildman–Crippen LogP) is 3.83. The average molecular weight is 356 g/mol. The Kier molecular flexibility index (Phi) is 8.67. The molecule has 2 heterocycles. The zero-order valence-electron chi connectivity index (χ0n) is 16.3. The second-order valence-corrected chi connectivity index (χ2v) is 7.82. The van der Waals surface area contributed by atoms with Gasteiger partial charge in [0, 0.05) is 6.04 Å². The van der Waals surface area contributed by atoms with Gasteiger partial charge in [-0.3, -0.25) is 9.63 Å². The van der Waals surface area contributed by atoms with Crippen LogP contribution >= 0.6 is 0 Å². The fraction of sp³-hybridized carbons (Fsp3) is 0.950. The minimum Gasteiger partial charge on any atom is -0.469 e. The molecule has 0 aromatic rings. The molecule has 2 aliphatic heterocycles. The molecule has 5 atom stereocenters.